The smallest absolute Gasteiger partial charge is 0.227 e. The molecule has 0 unspecified atom stereocenters. The molecule has 1 N–H and O–H groups in total. The maximum atomic E-state index is 12.8. The second-order valence-corrected chi connectivity index (χ2v) is 7.39. The number of nitrogens with zero attached hydrogens (tertiary/aromatic N) is 2. The molecule has 0 aliphatic heterocycles. The molecule has 0 saturated heterocycles. The predicted octanol–water partition coefficient (Wildman–Crippen LogP) is 4.17. The van der Waals surface area contributed by atoms with Gasteiger partial charge in [-0.25, -0.2) is 9.97 Å². The lowest BCUT2D eigenvalue weighted by atomic mass is 9.82. The number of hydrogen-bond donors (Lipinski definition) is 1. The normalized spacial score (nSPS) is 15.0. The minimum Gasteiger partial charge on any atom is -0.497 e. The van der Waals surface area contributed by atoms with Crippen molar-refractivity contribution in [3.63, 3.8) is 0 Å². The predicted molar refractivity (Wildman–Crippen MR) is 120 cm³/mol. The number of nitrogens with one attached hydrogen (secondary N) is 1. The third-order valence-electron chi connectivity index (χ3n) is 5.54. The van der Waals surface area contributed by atoms with E-state index in [0.717, 1.165) is 17.0 Å². The van der Waals surface area contributed by atoms with Crippen LogP contribution in [-0.2, 0) is 6.42 Å². The fourth-order valence-electron chi connectivity index (χ4n) is 3.88. The van der Waals surface area contributed by atoms with Crippen LogP contribution in [0.25, 0.3) is 0 Å². The molecular weight excluding hydrogens is 410 g/mol. The second-order valence-electron chi connectivity index (χ2n) is 7.39. The number of methoxy groups -OCH3 is 4. The molecule has 4 rings (SSSR count). The number of rotatable bonds is 7. The SMILES string of the molecule is COc1ccc(Nc2ncc3c(n2)C[C@H](c2cc(OC)c(OC)c(OC)c2)CC3=O)cc1. The zero-order valence-corrected chi connectivity index (χ0v) is 18.5. The van der Waals surface area contributed by atoms with Crippen LogP contribution >= 0.6 is 0 Å². The molecule has 0 radical (unpaired) electrons. The molecule has 1 aromatic heterocycles. The Morgan fingerprint density at radius 2 is 1.59 bits per heavy atom. The highest BCUT2D eigenvalue weighted by molar-refractivity contribution is 5.98. The van der Waals surface area contributed by atoms with Crippen LogP contribution in [0, 0.1) is 0 Å². The molecule has 1 aliphatic rings. The van der Waals surface area contributed by atoms with Crippen LogP contribution < -0.4 is 24.3 Å². The number of Topliss-reactive ketones (excluding diaryl/α,β-unsaturated/α-hetero) is 1. The van der Waals surface area contributed by atoms with E-state index in [1.807, 2.05) is 36.4 Å². The van der Waals surface area contributed by atoms with Gasteiger partial charge in [0.1, 0.15) is 5.75 Å². The molecule has 2 aromatic carbocycles. The largest absolute Gasteiger partial charge is 0.497 e. The number of carbonyl (C=O) groups excluding carboxylic acids is 1. The van der Waals surface area contributed by atoms with Crippen molar-refractivity contribution in [1.82, 2.24) is 9.97 Å². The molecule has 8 heteroatoms. The number of hydrogen-bond acceptors (Lipinski definition) is 8. The summed E-state index contributed by atoms with van der Waals surface area (Å²) in [6, 6.07) is 11.2. The molecule has 1 heterocycles. The summed E-state index contributed by atoms with van der Waals surface area (Å²) in [5.74, 6) is 2.80. The van der Waals surface area contributed by atoms with Gasteiger partial charge in [0.2, 0.25) is 11.7 Å². The average Bonchev–Trinajstić information content (AvgIpc) is 2.83. The molecule has 0 fully saturated rings. The third-order valence-corrected chi connectivity index (χ3v) is 5.54. The average molecular weight is 435 g/mol. The van der Waals surface area contributed by atoms with Gasteiger partial charge in [-0.3, -0.25) is 4.79 Å². The van der Waals surface area contributed by atoms with Gasteiger partial charge >= 0.3 is 0 Å². The second kappa shape index (κ2) is 9.13. The molecule has 1 aliphatic carbocycles. The Kier molecular flexibility index (Phi) is 6.11. The van der Waals surface area contributed by atoms with Crippen molar-refractivity contribution in [3.05, 3.63) is 59.4 Å². The van der Waals surface area contributed by atoms with E-state index < -0.39 is 0 Å². The summed E-state index contributed by atoms with van der Waals surface area (Å²) in [6.45, 7) is 0. The van der Waals surface area contributed by atoms with Crippen LogP contribution in [0.2, 0.25) is 0 Å². The fourth-order valence-corrected chi connectivity index (χ4v) is 3.88. The zero-order valence-electron chi connectivity index (χ0n) is 18.5. The maximum absolute atomic E-state index is 12.8. The fraction of sp³-hybridized carbons (Fsp3) is 0.292. The summed E-state index contributed by atoms with van der Waals surface area (Å²) in [4.78, 5) is 21.8. The standard InChI is InChI=1S/C24H25N3O5/c1-29-17-7-5-16(6-8-17)26-24-25-13-18-19(27-24)9-14(10-20(18)28)15-11-21(30-2)23(32-4)22(12-15)31-3/h5-8,11-14H,9-10H2,1-4H3,(H,25,26,27)/t14-/m0/s1. The highest BCUT2D eigenvalue weighted by atomic mass is 16.5. The summed E-state index contributed by atoms with van der Waals surface area (Å²) in [5.41, 5.74) is 3.04. The maximum Gasteiger partial charge on any atom is 0.227 e. The van der Waals surface area contributed by atoms with Gasteiger partial charge in [0.05, 0.1) is 39.7 Å². The van der Waals surface area contributed by atoms with E-state index >= 15 is 0 Å². The molecule has 8 nitrogen and oxygen atoms in total. The van der Waals surface area contributed by atoms with Crippen molar-refractivity contribution in [2.24, 2.45) is 0 Å². The van der Waals surface area contributed by atoms with Gasteiger partial charge in [-0.2, -0.15) is 0 Å². The molecular formula is C24H25N3O5. The van der Waals surface area contributed by atoms with E-state index in [2.05, 4.69) is 15.3 Å². The van der Waals surface area contributed by atoms with Crippen LogP contribution in [0.3, 0.4) is 0 Å². The van der Waals surface area contributed by atoms with Crippen LogP contribution in [0.4, 0.5) is 11.6 Å². The number of ketones is 1. The Morgan fingerprint density at radius 1 is 0.906 bits per heavy atom. The van der Waals surface area contributed by atoms with E-state index in [9.17, 15) is 4.79 Å². The number of ether oxygens (including phenoxy) is 4. The van der Waals surface area contributed by atoms with Crippen molar-refractivity contribution in [3.8, 4) is 23.0 Å². The first-order valence-electron chi connectivity index (χ1n) is 10.2. The van der Waals surface area contributed by atoms with Crippen molar-refractivity contribution in [2.45, 2.75) is 18.8 Å². The minimum atomic E-state index is -0.0626. The number of benzene rings is 2. The number of fused-ring (bicyclic) bond motifs is 1. The zero-order chi connectivity index (χ0) is 22.7. The van der Waals surface area contributed by atoms with Gasteiger partial charge in [0, 0.05) is 18.3 Å². The van der Waals surface area contributed by atoms with Gasteiger partial charge in [0.25, 0.3) is 0 Å². The Morgan fingerprint density at radius 3 is 2.19 bits per heavy atom. The molecule has 1 atom stereocenters. The Labute approximate surface area is 186 Å². The Hall–Kier alpha value is -3.81. The molecule has 0 bridgehead atoms. The summed E-state index contributed by atoms with van der Waals surface area (Å²) in [5, 5.41) is 3.18. The monoisotopic (exact) mass is 435 g/mol. The first kappa shape index (κ1) is 21.4. The Balaban J connectivity index is 1.62. The van der Waals surface area contributed by atoms with Gasteiger partial charge < -0.3 is 24.3 Å². The van der Waals surface area contributed by atoms with E-state index in [1.54, 1.807) is 34.6 Å². The molecule has 166 valence electrons. The summed E-state index contributed by atoms with van der Waals surface area (Å²) in [7, 11) is 6.34. The summed E-state index contributed by atoms with van der Waals surface area (Å²) < 4.78 is 21.5. The molecule has 0 amide bonds. The first-order chi connectivity index (χ1) is 15.6. The minimum absolute atomic E-state index is 0.0148. The summed E-state index contributed by atoms with van der Waals surface area (Å²) >= 11 is 0. The number of carbonyl (C=O) groups is 1. The van der Waals surface area contributed by atoms with Crippen molar-refractivity contribution in [1.29, 1.82) is 0 Å². The van der Waals surface area contributed by atoms with Crippen LogP contribution in [-0.4, -0.2) is 44.2 Å². The topological polar surface area (TPSA) is 91.8 Å². The molecule has 32 heavy (non-hydrogen) atoms. The van der Waals surface area contributed by atoms with Gasteiger partial charge in [0.15, 0.2) is 17.3 Å². The van der Waals surface area contributed by atoms with Crippen molar-refractivity contribution in [2.75, 3.05) is 33.8 Å². The van der Waals surface area contributed by atoms with E-state index in [0.29, 0.717) is 47.3 Å². The first-order valence-corrected chi connectivity index (χ1v) is 10.2. The lowest BCUT2D eigenvalue weighted by Gasteiger charge is -2.24. The van der Waals surface area contributed by atoms with Crippen molar-refractivity contribution < 1.29 is 23.7 Å². The highest BCUT2D eigenvalue weighted by Gasteiger charge is 2.29. The third kappa shape index (κ3) is 4.16. The van der Waals surface area contributed by atoms with Crippen molar-refractivity contribution >= 4 is 17.4 Å². The molecule has 0 saturated carbocycles. The quantitative estimate of drug-likeness (QED) is 0.591. The number of anilines is 2. The molecule has 0 spiro atoms. The van der Waals surface area contributed by atoms with Gasteiger partial charge in [-0.15, -0.1) is 0 Å². The Bertz CT molecular complexity index is 1110. The van der Waals surface area contributed by atoms with Crippen LogP contribution in [0.5, 0.6) is 23.0 Å². The van der Waals surface area contributed by atoms with Gasteiger partial charge in [-0.1, -0.05) is 0 Å². The lowest BCUT2D eigenvalue weighted by Crippen LogP contribution is -2.21. The van der Waals surface area contributed by atoms with Crippen LogP contribution in [0.15, 0.2) is 42.6 Å². The number of aromatic nitrogens is 2. The summed E-state index contributed by atoms with van der Waals surface area (Å²) in [6.07, 6.45) is 2.56. The lowest BCUT2D eigenvalue weighted by molar-refractivity contribution is 0.0962. The van der Waals surface area contributed by atoms with E-state index in [1.165, 1.54) is 0 Å². The highest BCUT2D eigenvalue weighted by Crippen LogP contribution is 2.42. The van der Waals surface area contributed by atoms with Gasteiger partial charge in [-0.05, 0) is 54.3 Å². The van der Waals surface area contributed by atoms with E-state index in [-0.39, 0.29) is 11.7 Å². The van der Waals surface area contributed by atoms with E-state index in [4.69, 9.17) is 18.9 Å². The molecule has 3 aromatic rings. The van der Waals surface area contributed by atoms with Crippen LogP contribution in [0.1, 0.15) is 34.0 Å².